The highest BCUT2D eigenvalue weighted by Gasteiger charge is 2.30. The molecule has 0 spiro atoms. The molecule has 2 atom stereocenters. The van der Waals surface area contributed by atoms with Gasteiger partial charge in [0.05, 0.1) is 11.6 Å². The third-order valence-corrected chi connectivity index (χ3v) is 3.95. The molecule has 1 heterocycles. The van der Waals surface area contributed by atoms with Gasteiger partial charge in [0.1, 0.15) is 0 Å². The van der Waals surface area contributed by atoms with E-state index in [1.165, 1.54) is 12.1 Å². The molecule has 108 valence electrons. The van der Waals surface area contributed by atoms with Gasteiger partial charge in [-0.1, -0.05) is 12.1 Å². The van der Waals surface area contributed by atoms with Crippen LogP contribution in [0, 0.1) is 17.2 Å². The molecule has 2 unspecified atom stereocenters. The number of halogens is 3. The van der Waals surface area contributed by atoms with E-state index in [9.17, 15) is 13.2 Å². The first-order valence-electron chi connectivity index (χ1n) is 6.66. The van der Waals surface area contributed by atoms with Crippen molar-refractivity contribution in [2.45, 2.75) is 31.5 Å². The Morgan fingerprint density at radius 1 is 1.30 bits per heavy atom. The van der Waals surface area contributed by atoms with Crippen molar-refractivity contribution in [1.29, 1.82) is 5.26 Å². The van der Waals surface area contributed by atoms with Crippen molar-refractivity contribution >= 4 is 0 Å². The highest BCUT2D eigenvalue weighted by atomic mass is 19.4. The van der Waals surface area contributed by atoms with Crippen molar-refractivity contribution in [3.05, 3.63) is 35.4 Å². The number of nitriles is 1. The molecular weight excluding hydrogens is 265 g/mol. The zero-order chi connectivity index (χ0) is 14.8. The molecule has 2 nitrogen and oxygen atoms in total. The van der Waals surface area contributed by atoms with Crippen molar-refractivity contribution in [1.82, 2.24) is 4.90 Å². The fourth-order valence-corrected chi connectivity index (χ4v) is 2.63. The van der Waals surface area contributed by atoms with Crippen molar-refractivity contribution in [2.75, 3.05) is 13.6 Å². The molecule has 1 aromatic carbocycles. The van der Waals surface area contributed by atoms with E-state index in [0.29, 0.717) is 6.42 Å². The fraction of sp³-hybridized carbons (Fsp3) is 0.533. The van der Waals surface area contributed by atoms with Crippen LogP contribution in [0.5, 0.6) is 0 Å². The number of likely N-dealkylation sites (N-methyl/N-ethyl adjacent to an activating group) is 1. The van der Waals surface area contributed by atoms with Gasteiger partial charge in [0.25, 0.3) is 0 Å². The minimum absolute atomic E-state index is 0.0608. The van der Waals surface area contributed by atoms with Crippen molar-refractivity contribution in [3.8, 4) is 6.07 Å². The molecule has 0 amide bonds. The summed E-state index contributed by atoms with van der Waals surface area (Å²) in [6.45, 7) is 0.865. The van der Waals surface area contributed by atoms with Crippen LogP contribution >= 0.6 is 0 Å². The maximum atomic E-state index is 12.5. The second-order valence-electron chi connectivity index (χ2n) is 5.38. The lowest BCUT2D eigenvalue weighted by Gasteiger charge is -2.34. The van der Waals surface area contributed by atoms with Crippen molar-refractivity contribution in [2.24, 2.45) is 5.92 Å². The summed E-state index contributed by atoms with van der Waals surface area (Å²) in [5.41, 5.74) is 0.265. The monoisotopic (exact) mass is 282 g/mol. The summed E-state index contributed by atoms with van der Waals surface area (Å²) in [6, 6.07) is 7.84. The SMILES string of the molecule is CN1CCC(C#N)CC1Cc1ccc(C(F)(F)F)cc1. The molecular formula is C15H17F3N2. The minimum Gasteiger partial charge on any atom is -0.303 e. The number of piperidine rings is 1. The minimum atomic E-state index is -4.29. The van der Waals surface area contributed by atoms with Crippen LogP contribution in [0.4, 0.5) is 13.2 Å². The highest BCUT2D eigenvalue weighted by Crippen LogP contribution is 2.30. The van der Waals surface area contributed by atoms with Gasteiger partial charge in [-0.15, -0.1) is 0 Å². The first-order chi connectivity index (χ1) is 9.40. The third-order valence-electron chi connectivity index (χ3n) is 3.95. The Kier molecular flexibility index (Phi) is 4.34. The lowest BCUT2D eigenvalue weighted by atomic mass is 9.89. The molecule has 1 aliphatic rings. The molecule has 5 heteroatoms. The summed E-state index contributed by atoms with van der Waals surface area (Å²) in [7, 11) is 2.00. The second-order valence-corrected chi connectivity index (χ2v) is 5.38. The van der Waals surface area contributed by atoms with Gasteiger partial charge in [-0.3, -0.25) is 0 Å². The Labute approximate surface area is 116 Å². The van der Waals surface area contributed by atoms with E-state index >= 15 is 0 Å². The summed E-state index contributed by atoms with van der Waals surface area (Å²) >= 11 is 0. The van der Waals surface area contributed by atoms with Gasteiger partial charge >= 0.3 is 6.18 Å². The molecule has 0 N–H and O–H groups in total. The van der Waals surface area contributed by atoms with Crippen LogP contribution in [-0.4, -0.2) is 24.5 Å². The molecule has 1 aliphatic heterocycles. The summed E-state index contributed by atoms with van der Waals surface area (Å²) in [5, 5.41) is 8.99. The van der Waals surface area contributed by atoms with Gasteiger partial charge in [-0.25, -0.2) is 0 Å². The third kappa shape index (κ3) is 3.51. The van der Waals surface area contributed by atoms with Crippen LogP contribution in [0.3, 0.4) is 0 Å². The van der Waals surface area contributed by atoms with Crippen molar-refractivity contribution in [3.63, 3.8) is 0 Å². The van der Waals surface area contributed by atoms with E-state index in [2.05, 4.69) is 11.0 Å². The van der Waals surface area contributed by atoms with E-state index in [1.54, 1.807) is 0 Å². The van der Waals surface area contributed by atoms with Crippen LogP contribution in [0.2, 0.25) is 0 Å². The molecule has 1 saturated heterocycles. The Hall–Kier alpha value is -1.54. The molecule has 1 fully saturated rings. The molecule has 1 aromatic rings. The second kappa shape index (κ2) is 5.84. The molecule has 0 aromatic heterocycles. The normalized spacial score (nSPS) is 24.4. The lowest BCUT2D eigenvalue weighted by molar-refractivity contribution is -0.137. The number of benzene rings is 1. The zero-order valence-corrected chi connectivity index (χ0v) is 11.3. The van der Waals surface area contributed by atoms with E-state index < -0.39 is 11.7 Å². The molecule has 2 rings (SSSR count). The predicted molar refractivity (Wildman–Crippen MR) is 69.9 cm³/mol. The fourth-order valence-electron chi connectivity index (χ4n) is 2.63. The quantitative estimate of drug-likeness (QED) is 0.830. The van der Waals surface area contributed by atoms with Crippen LogP contribution in [-0.2, 0) is 12.6 Å². The predicted octanol–water partition coefficient (Wildman–Crippen LogP) is 3.48. The Bertz CT molecular complexity index is 487. The smallest absolute Gasteiger partial charge is 0.303 e. The number of nitrogens with zero attached hydrogens (tertiary/aromatic N) is 2. The maximum absolute atomic E-state index is 12.5. The lowest BCUT2D eigenvalue weighted by Crippen LogP contribution is -2.40. The molecule has 0 saturated carbocycles. The summed E-state index contributed by atoms with van der Waals surface area (Å²) in [4.78, 5) is 2.19. The first kappa shape index (κ1) is 14.9. The van der Waals surface area contributed by atoms with Crippen LogP contribution in [0.25, 0.3) is 0 Å². The summed E-state index contributed by atoms with van der Waals surface area (Å²) in [6.07, 6.45) is -1.94. The first-order valence-corrected chi connectivity index (χ1v) is 6.66. The van der Waals surface area contributed by atoms with Crippen LogP contribution in [0.15, 0.2) is 24.3 Å². The standard InChI is InChI=1S/C15H17F3N2/c1-20-7-6-12(10-19)9-14(20)8-11-2-4-13(5-3-11)15(16,17)18/h2-5,12,14H,6-9H2,1H3. The Balaban J connectivity index is 2.04. The highest BCUT2D eigenvalue weighted by molar-refractivity contribution is 5.25. The maximum Gasteiger partial charge on any atom is 0.416 e. The Morgan fingerprint density at radius 2 is 1.95 bits per heavy atom. The Morgan fingerprint density at radius 3 is 2.50 bits per heavy atom. The van der Waals surface area contributed by atoms with Crippen LogP contribution in [0.1, 0.15) is 24.0 Å². The average Bonchev–Trinajstić information content (AvgIpc) is 2.41. The van der Waals surface area contributed by atoms with Gasteiger partial charge in [0.15, 0.2) is 0 Å². The van der Waals surface area contributed by atoms with Gasteiger partial charge < -0.3 is 4.90 Å². The molecule has 20 heavy (non-hydrogen) atoms. The molecule has 0 aliphatic carbocycles. The number of hydrogen-bond donors (Lipinski definition) is 0. The van der Waals surface area contributed by atoms with Gasteiger partial charge in [0.2, 0.25) is 0 Å². The summed E-state index contributed by atoms with van der Waals surface area (Å²) < 4.78 is 37.5. The van der Waals surface area contributed by atoms with Crippen molar-refractivity contribution < 1.29 is 13.2 Å². The van der Waals surface area contributed by atoms with Gasteiger partial charge in [0, 0.05) is 12.0 Å². The molecule has 0 bridgehead atoms. The number of rotatable bonds is 2. The van der Waals surface area contributed by atoms with E-state index in [4.69, 9.17) is 5.26 Å². The van der Waals surface area contributed by atoms with E-state index in [1.807, 2.05) is 7.05 Å². The molecule has 0 radical (unpaired) electrons. The van der Waals surface area contributed by atoms with E-state index in [0.717, 1.165) is 37.1 Å². The topological polar surface area (TPSA) is 27.0 Å². The average molecular weight is 282 g/mol. The number of likely N-dealkylation sites (tertiary alicyclic amines) is 1. The van der Waals surface area contributed by atoms with E-state index in [-0.39, 0.29) is 12.0 Å². The zero-order valence-electron chi connectivity index (χ0n) is 11.3. The number of alkyl halides is 3. The largest absolute Gasteiger partial charge is 0.416 e. The number of hydrogen-bond acceptors (Lipinski definition) is 2. The van der Waals surface area contributed by atoms with Gasteiger partial charge in [-0.05, 0) is 50.6 Å². The van der Waals surface area contributed by atoms with Crippen LogP contribution < -0.4 is 0 Å². The van der Waals surface area contributed by atoms with Gasteiger partial charge in [-0.2, -0.15) is 18.4 Å². The summed E-state index contributed by atoms with van der Waals surface area (Å²) in [5.74, 6) is 0.0608.